The maximum absolute atomic E-state index is 14.5. The molecule has 0 spiro atoms. The molecule has 0 saturated heterocycles. The highest BCUT2D eigenvalue weighted by atomic mass is 31.2. The third-order valence-electron chi connectivity index (χ3n) is 15.3. The van der Waals surface area contributed by atoms with E-state index < -0.39 is 42.6 Å². The largest absolute Gasteiger partial charge is 0.319 e. The van der Waals surface area contributed by atoms with Gasteiger partial charge in [-0.1, -0.05) is 13.2 Å². The smallest absolute Gasteiger partial charge is 0.109 e. The van der Waals surface area contributed by atoms with E-state index in [4.69, 9.17) is 6.30 Å². The summed E-state index contributed by atoms with van der Waals surface area (Å²) in [7, 11) is -14.3. The van der Waals surface area contributed by atoms with Gasteiger partial charge in [0.25, 0.3) is 0 Å². The predicted molar refractivity (Wildman–Crippen MR) is 305 cm³/mol. The van der Waals surface area contributed by atoms with Crippen LogP contribution in [0.15, 0.2) is 72.8 Å². The molecule has 0 heterocycles. The molecule has 66 heavy (non-hydrogen) atoms. The van der Waals surface area contributed by atoms with Crippen molar-refractivity contribution in [3.63, 3.8) is 0 Å². The van der Waals surface area contributed by atoms with Crippen molar-refractivity contribution in [1.82, 2.24) is 0 Å². The molecular formula is C55H50O5P6. The lowest BCUT2D eigenvalue weighted by Crippen LogP contribution is -2.11. The van der Waals surface area contributed by atoms with Gasteiger partial charge in [-0.3, -0.25) is 0 Å². The first kappa shape index (κ1) is 42.1. The number of rotatable bonds is 6. The van der Waals surface area contributed by atoms with E-state index >= 15 is 0 Å². The third kappa shape index (κ3) is 5.22. The van der Waals surface area contributed by atoms with Gasteiger partial charge in [0.2, 0.25) is 0 Å². The molecule has 0 aliphatic carbocycles. The van der Waals surface area contributed by atoms with Crippen molar-refractivity contribution in [2.24, 2.45) is 0 Å². The first-order chi connectivity index (χ1) is 30.5. The molecule has 0 bridgehead atoms. The Morgan fingerprint density at radius 3 is 0.455 bits per heavy atom. The van der Waals surface area contributed by atoms with Crippen molar-refractivity contribution < 1.29 is 22.8 Å². The number of hydrogen-bond donors (Lipinski definition) is 0. The zero-order valence-electron chi connectivity index (χ0n) is 39.4. The van der Waals surface area contributed by atoms with E-state index in [0.717, 1.165) is 150 Å². The molecule has 0 atom stereocenters. The number of fused-ring (bicyclic) bond motifs is 6. The summed E-state index contributed by atoms with van der Waals surface area (Å²) >= 11 is 0. The Hall–Kier alpha value is -4.01. The Morgan fingerprint density at radius 2 is 0.348 bits per heavy atom. The molecule has 5 nitrogen and oxygen atoms in total. The molecule has 330 valence electrons. The van der Waals surface area contributed by atoms with Crippen LogP contribution in [-0.2, 0) is 22.8 Å². The summed E-state index contributed by atoms with van der Waals surface area (Å²) in [6.45, 7) is 20.9. The molecular weight excluding hydrogens is 926 g/mol. The standard InChI is InChI=1S/C55H50O5P6/c1-61(2,3)26-14-32-34-16-27(62(4,5)56)18-36-38-20-29(64(8,9)58)22-40-42-24-31(66(12,13)60)25-43-41-23-30(65(10,11)59)21-39-37-19-28(63(6,7)57)17-35-33(15-26)44(32)50-51(45(34)36)53(47(38)40)55(49(42)43)54(48(39)41)52(50)46(35)37/h14-25H,1H2,2-13H3. The molecule has 13 aromatic rings. The SMILES string of the molecule is C=P(C)(C)c1cc2c3cc(P(C)(C)=O)cc4c5cc(P(C)(C)=O)cc6c7cc(P(C)(C)=O)cc8c9cc(P(C)(C)=O)cc%10c%11cc(P(C)(C)=O)cc%12c(c1)c2c1c(c34)c(c56)c(c78)c(c%109)c1c%12%11. The molecule has 11 heteroatoms. The van der Waals surface area contributed by atoms with E-state index in [-0.39, 0.29) is 0 Å². The lowest BCUT2D eigenvalue weighted by Gasteiger charge is -2.31. The van der Waals surface area contributed by atoms with Crippen LogP contribution in [0.4, 0.5) is 0 Å². The maximum Gasteiger partial charge on any atom is 0.109 e. The Morgan fingerprint density at radius 1 is 0.227 bits per heavy atom. The lowest BCUT2D eigenvalue weighted by atomic mass is 9.73. The first-order valence-corrected chi connectivity index (χ1v) is 38.2. The van der Waals surface area contributed by atoms with E-state index in [1.54, 1.807) is 0 Å². The molecule has 0 aliphatic heterocycles. The van der Waals surface area contributed by atoms with Crippen molar-refractivity contribution in [3.05, 3.63) is 72.8 Å². The molecule has 0 aromatic heterocycles. The summed E-state index contributed by atoms with van der Waals surface area (Å²) in [5.41, 5.74) is 0. The Bertz CT molecular complexity index is 3740. The Labute approximate surface area is 383 Å². The highest BCUT2D eigenvalue weighted by Gasteiger charge is 2.35. The van der Waals surface area contributed by atoms with Crippen LogP contribution in [-0.4, -0.2) is 86.3 Å². The summed E-state index contributed by atoms with van der Waals surface area (Å²) < 4.78 is 72.6. The second-order valence-electron chi connectivity index (χ2n) is 22.2. The van der Waals surface area contributed by atoms with Gasteiger partial charge in [-0.2, -0.15) is 0 Å². The van der Waals surface area contributed by atoms with Gasteiger partial charge in [-0.15, -0.1) is 0 Å². The fourth-order valence-electron chi connectivity index (χ4n) is 12.1. The second-order valence-corrected chi connectivity index (χ2v) is 42.2. The second kappa shape index (κ2) is 12.2. The molecule has 13 aromatic carbocycles. The van der Waals surface area contributed by atoms with Gasteiger partial charge in [0.15, 0.2) is 0 Å². The van der Waals surface area contributed by atoms with Crippen molar-refractivity contribution >= 4 is 210 Å². The highest BCUT2D eigenvalue weighted by molar-refractivity contribution is 7.79. The molecule has 0 amide bonds. The fourth-order valence-corrected chi connectivity index (χ4v) is 17.4. The summed E-state index contributed by atoms with van der Waals surface area (Å²) in [5, 5.41) is 30.5. The van der Waals surface area contributed by atoms with Crippen molar-refractivity contribution in [1.29, 1.82) is 0 Å². The number of hydrogen-bond acceptors (Lipinski definition) is 5. The summed E-state index contributed by atoms with van der Waals surface area (Å²) in [6, 6.07) is 26.2. The van der Waals surface area contributed by atoms with E-state index in [1.165, 1.54) is 10.7 Å². The van der Waals surface area contributed by atoms with Gasteiger partial charge in [0.1, 0.15) is 35.7 Å². The monoisotopic (exact) mass is 976 g/mol. The molecule has 0 N–H and O–H groups in total. The average Bonchev–Trinajstić information content (AvgIpc) is 3.21. The van der Waals surface area contributed by atoms with Crippen LogP contribution >= 0.6 is 42.6 Å². The summed E-state index contributed by atoms with van der Waals surface area (Å²) in [5.74, 6) is 0. The van der Waals surface area contributed by atoms with E-state index in [2.05, 4.69) is 86.1 Å². The van der Waals surface area contributed by atoms with Crippen LogP contribution < -0.4 is 31.8 Å². The fraction of sp³-hybridized carbons (Fsp3) is 0.218. The van der Waals surface area contributed by atoms with Crippen molar-refractivity contribution in [2.75, 3.05) is 80.0 Å². The van der Waals surface area contributed by atoms with E-state index in [0.29, 0.717) is 0 Å². The molecule has 0 saturated carbocycles. The first-order valence-electron chi connectivity index (χ1n) is 22.4. The van der Waals surface area contributed by atoms with Crippen LogP contribution in [0.25, 0.3) is 129 Å². The predicted octanol–water partition coefficient (Wildman–Crippen LogP) is 13.7. The van der Waals surface area contributed by atoms with Gasteiger partial charge in [0, 0.05) is 26.5 Å². The van der Waals surface area contributed by atoms with Gasteiger partial charge >= 0.3 is 0 Å². The molecule has 0 aliphatic rings. The zero-order valence-corrected chi connectivity index (χ0v) is 44.7. The van der Waals surface area contributed by atoms with Gasteiger partial charge in [0.05, 0.1) is 0 Å². The van der Waals surface area contributed by atoms with Crippen LogP contribution in [0.2, 0.25) is 0 Å². The van der Waals surface area contributed by atoms with Gasteiger partial charge in [-0.25, -0.2) is 0 Å². The highest BCUT2D eigenvalue weighted by Crippen LogP contribution is 2.62. The Kier molecular flexibility index (Phi) is 7.80. The van der Waals surface area contributed by atoms with Gasteiger partial charge in [-0.05, 0) is 287 Å². The van der Waals surface area contributed by atoms with Crippen LogP contribution in [0.5, 0.6) is 0 Å². The topological polar surface area (TPSA) is 85.3 Å². The lowest BCUT2D eigenvalue weighted by molar-refractivity contribution is 0.587. The molecule has 13 rings (SSSR count). The van der Waals surface area contributed by atoms with Gasteiger partial charge < -0.3 is 22.8 Å². The minimum atomic E-state index is -2.88. The van der Waals surface area contributed by atoms with Crippen LogP contribution in [0, 0.1) is 0 Å². The molecule has 0 unspecified atom stereocenters. The maximum atomic E-state index is 14.5. The van der Waals surface area contributed by atoms with Crippen molar-refractivity contribution in [3.8, 4) is 0 Å². The van der Waals surface area contributed by atoms with E-state index in [9.17, 15) is 22.8 Å². The van der Waals surface area contributed by atoms with Crippen LogP contribution in [0.3, 0.4) is 0 Å². The number of benzene rings is 13. The van der Waals surface area contributed by atoms with E-state index in [1.807, 2.05) is 66.6 Å². The average molecular weight is 977 g/mol. The molecule has 0 fully saturated rings. The van der Waals surface area contributed by atoms with Crippen molar-refractivity contribution in [2.45, 2.75) is 0 Å². The minimum Gasteiger partial charge on any atom is -0.319 e. The normalized spacial score (nSPS) is 14.7. The zero-order chi connectivity index (χ0) is 46.8. The summed E-state index contributed by atoms with van der Waals surface area (Å²) in [4.78, 5) is 0. The van der Waals surface area contributed by atoms with Crippen LogP contribution in [0.1, 0.15) is 0 Å². The summed E-state index contributed by atoms with van der Waals surface area (Å²) in [6.07, 6.45) is 4.79. The molecule has 0 radical (unpaired) electrons. The Balaban J connectivity index is 1.53. The third-order valence-corrected chi connectivity index (χ3v) is 24.5. The quantitative estimate of drug-likeness (QED) is 0.0941. The minimum absolute atomic E-state index is 0.746.